The lowest BCUT2D eigenvalue weighted by molar-refractivity contribution is -0.117. The molecule has 1 saturated carbocycles. The Morgan fingerprint density at radius 2 is 2.11 bits per heavy atom. The first kappa shape index (κ1) is 12.9. The lowest BCUT2D eigenvalue weighted by atomic mass is 10.2. The molecule has 0 unspecified atom stereocenters. The normalized spacial score (nSPS) is 14.7. The minimum Gasteiger partial charge on any atom is -0.370 e. The minimum atomic E-state index is -0.306. The Balaban J connectivity index is 2.11. The van der Waals surface area contributed by atoms with Crippen LogP contribution in [0.25, 0.3) is 0 Å². The Morgan fingerprint density at radius 3 is 2.61 bits per heavy atom. The molecule has 0 aromatic heterocycles. The quantitative estimate of drug-likeness (QED) is 0.891. The zero-order valence-corrected chi connectivity index (χ0v) is 11.0. The van der Waals surface area contributed by atoms with Gasteiger partial charge in [-0.1, -0.05) is 0 Å². The number of hydrogen-bond acceptors (Lipinski definition) is 2. The molecule has 0 saturated heterocycles. The summed E-state index contributed by atoms with van der Waals surface area (Å²) in [6.07, 6.45) is 1.89. The third-order valence-corrected chi connectivity index (χ3v) is 3.32. The monoisotopic (exact) mass is 250 g/mol. The van der Waals surface area contributed by atoms with Crippen molar-refractivity contribution >= 4 is 17.3 Å². The van der Waals surface area contributed by atoms with Gasteiger partial charge in [-0.05, 0) is 44.9 Å². The summed E-state index contributed by atoms with van der Waals surface area (Å²) < 4.78 is 13.9. The van der Waals surface area contributed by atoms with Crippen LogP contribution in [0.2, 0.25) is 0 Å². The van der Waals surface area contributed by atoms with Gasteiger partial charge in [0.15, 0.2) is 0 Å². The van der Waals surface area contributed by atoms with Gasteiger partial charge in [0.1, 0.15) is 5.82 Å². The first-order valence-corrected chi connectivity index (χ1v) is 6.32. The number of carbonyl (C=O) groups is 1. The van der Waals surface area contributed by atoms with E-state index in [9.17, 15) is 9.18 Å². The summed E-state index contributed by atoms with van der Waals surface area (Å²) in [5, 5.41) is 2.74. The number of benzene rings is 1. The number of anilines is 2. The number of carbonyl (C=O) groups excluding carboxylic acids is 1. The van der Waals surface area contributed by atoms with Crippen LogP contribution >= 0.6 is 0 Å². The average Bonchev–Trinajstić information content (AvgIpc) is 3.12. The van der Waals surface area contributed by atoms with Gasteiger partial charge in [-0.15, -0.1) is 0 Å². The molecule has 1 aromatic rings. The zero-order chi connectivity index (χ0) is 13.3. The smallest absolute Gasteiger partial charge is 0.227 e. The van der Waals surface area contributed by atoms with E-state index in [2.05, 4.69) is 5.32 Å². The van der Waals surface area contributed by atoms with Gasteiger partial charge in [-0.2, -0.15) is 0 Å². The van der Waals surface area contributed by atoms with Gasteiger partial charge >= 0.3 is 0 Å². The molecule has 1 aromatic carbocycles. The van der Waals surface area contributed by atoms with Crippen LogP contribution in [0.3, 0.4) is 0 Å². The topological polar surface area (TPSA) is 32.3 Å². The molecule has 1 aliphatic carbocycles. The molecule has 0 bridgehead atoms. The van der Waals surface area contributed by atoms with E-state index in [-0.39, 0.29) is 23.7 Å². The van der Waals surface area contributed by atoms with Crippen LogP contribution in [-0.2, 0) is 4.79 Å². The molecule has 0 radical (unpaired) electrons. The van der Waals surface area contributed by atoms with E-state index in [1.165, 1.54) is 6.07 Å². The summed E-state index contributed by atoms with van der Waals surface area (Å²) in [7, 11) is 1.85. The second kappa shape index (κ2) is 4.96. The predicted octanol–water partition coefficient (Wildman–Crippen LogP) is 3.02. The summed E-state index contributed by atoms with van der Waals surface area (Å²) >= 11 is 0. The van der Waals surface area contributed by atoms with Crippen LogP contribution in [0.4, 0.5) is 15.8 Å². The number of halogens is 1. The highest BCUT2D eigenvalue weighted by atomic mass is 19.1. The standard InChI is InChI=1S/C14H19FN2O/c1-9(2)17(3)13-7-6-11(8-12(13)15)16-14(18)10-4-5-10/h6-10H,4-5H2,1-3H3,(H,16,18). The summed E-state index contributed by atoms with van der Waals surface area (Å²) in [6, 6.07) is 5.07. The molecule has 1 fully saturated rings. The first-order valence-electron chi connectivity index (χ1n) is 6.32. The molecular weight excluding hydrogens is 231 g/mol. The van der Waals surface area contributed by atoms with Crippen LogP contribution < -0.4 is 10.2 Å². The van der Waals surface area contributed by atoms with Crippen molar-refractivity contribution in [2.75, 3.05) is 17.3 Å². The van der Waals surface area contributed by atoms with Gasteiger partial charge in [-0.3, -0.25) is 4.79 Å². The van der Waals surface area contributed by atoms with Crippen molar-refractivity contribution in [3.63, 3.8) is 0 Å². The largest absolute Gasteiger partial charge is 0.370 e. The van der Waals surface area contributed by atoms with E-state index in [1.807, 2.05) is 25.8 Å². The summed E-state index contributed by atoms with van der Waals surface area (Å²) in [6.45, 7) is 4.00. The van der Waals surface area contributed by atoms with Gasteiger partial charge < -0.3 is 10.2 Å². The zero-order valence-electron chi connectivity index (χ0n) is 11.0. The van der Waals surface area contributed by atoms with Crippen molar-refractivity contribution in [2.45, 2.75) is 32.7 Å². The Labute approximate surface area is 107 Å². The minimum absolute atomic E-state index is 0.000589. The molecule has 0 atom stereocenters. The van der Waals surface area contributed by atoms with Gasteiger partial charge in [-0.25, -0.2) is 4.39 Å². The van der Waals surface area contributed by atoms with Crippen molar-refractivity contribution in [2.24, 2.45) is 5.92 Å². The highest BCUT2D eigenvalue weighted by Gasteiger charge is 2.29. The fraction of sp³-hybridized carbons (Fsp3) is 0.500. The number of nitrogens with one attached hydrogen (secondary N) is 1. The van der Waals surface area contributed by atoms with Gasteiger partial charge in [0.05, 0.1) is 5.69 Å². The van der Waals surface area contributed by atoms with E-state index >= 15 is 0 Å². The van der Waals surface area contributed by atoms with Crippen LogP contribution in [0, 0.1) is 11.7 Å². The molecule has 98 valence electrons. The predicted molar refractivity (Wildman–Crippen MR) is 71.3 cm³/mol. The average molecular weight is 250 g/mol. The first-order chi connectivity index (χ1) is 8.49. The molecule has 0 spiro atoms. The fourth-order valence-corrected chi connectivity index (χ4v) is 1.74. The molecule has 1 aliphatic rings. The summed E-state index contributed by atoms with van der Waals surface area (Å²) in [4.78, 5) is 13.4. The third kappa shape index (κ3) is 2.81. The molecule has 0 heterocycles. The molecule has 4 heteroatoms. The van der Waals surface area contributed by atoms with Crippen LogP contribution in [0.5, 0.6) is 0 Å². The van der Waals surface area contributed by atoms with Gasteiger partial charge in [0.25, 0.3) is 0 Å². The number of rotatable bonds is 4. The number of hydrogen-bond donors (Lipinski definition) is 1. The second-order valence-corrected chi connectivity index (χ2v) is 5.13. The molecule has 0 aliphatic heterocycles. The SMILES string of the molecule is CC(C)N(C)c1ccc(NC(=O)C2CC2)cc1F. The summed E-state index contributed by atoms with van der Waals surface area (Å²) in [5.41, 5.74) is 1.08. The van der Waals surface area contributed by atoms with E-state index in [0.717, 1.165) is 12.8 Å². The molecule has 1 N–H and O–H groups in total. The lowest BCUT2D eigenvalue weighted by Gasteiger charge is -2.24. The Morgan fingerprint density at radius 1 is 1.44 bits per heavy atom. The molecular formula is C14H19FN2O. The molecule has 2 rings (SSSR count). The maximum atomic E-state index is 13.9. The van der Waals surface area contributed by atoms with Crippen LogP contribution in [0.15, 0.2) is 18.2 Å². The number of nitrogens with zero attached hydrogens (tertiary/aromatic N) is 1. The number of amides is 1. The van der Waals surface area contributed by atoms with Crippen molar-refractivity contribution in [3.05, 3.63) is 24.0 Å². The second-order valence-electron chi connectivity index (χ2n) is 5.13. The van der Waals surface area contributed by atoms with Crippen LogP contribution in [0.1, 0.15) is 26.7 Å². The molecule has 18 heavy (non-hydrogen) atoms. The Hall–Kier alpha value is -1.58. The van der Waals surface area contributed by atoms with Gasteiger partial charge in [0, 0.05) is 24.7 Å². The van der Waals surface area contributed by atoms with E-state index in [1.54, 1.807) is 12.1 Å². The highest BCUT2D eigenvalue weighted by molar-refractivity contribution is 5.94. The van der Waals surface area contributed by atoms with Crippen molar-refractivity contribution in [3.8, 4) is 0 Å². The highest BCUT2D eigenvalue weighted by Crippen LogP contribution is 2.31. The lowest BCUT2D eigenvalue weighted by Crippen LogP contribution is -2.26. The van der Waals surface area contributed by atoms with Crippen molar-refractivity contribution < 1.29 is 9.18 Å². The van der Waals surface area contributed by atoms with E-state index in [0.29, 0.717) is 11.4 Å². The maximum absolute atomic E-state index is 13.9. The van der Waals surface area contributed by atoms with Crippen molar-refractivity contribution in [1.82, 2.24) is 0 Å². The summed E-state index contributed by atoms with van der Waals surface area (Å²) in [5.74, 6) is -0.176. The Kier molecular flexibility index (Phi) is 3.55. The molecule has 1 amide bonds. The van der Waals surface area contributed by atoms with E-state index < -0.39 is 0 Å². The fourth-order valence-electron chi connectivity index (χ4n) is 1.74. The molecule has 3 nitrogen and oxygen atoms in total. The van der Waals surface area contributed by atoms with Crippen LogP contribution in [-0.4, -0.2) is 19.0 Å². The van der Waals surface area contributed by atoms with E-state index in [4.69, 9.17) is 0 Å². The maximum Gasteiger partial charge on any atom is 0.227 e. The van der Waals surface area contributed by atoms with Crippen molar-refractivity contribution in [1.29, 1.82) is 0 Å². The van der Waals surface area contributed by atoms with Gasteiger partial charge in [0.2, 0.25) is 5.91 Å². The Bertz CT molecular complexity index is 455. The third-order valence-electron chi connectivity index (χ3n) is 3.32.